The van der Waals surface area contributed by atoms with Crippen molar-refractivity contribution in [1.29, 1.82) is 0 Å². The molecular formula is C14H19N5O5S. The molecule has 0 spiro atoms. The molecule has 0 amide bonds. The van der Waals surface area contributed by atoms with E-state index in [-0.39, 0.29) is 30.1 Å². The summed E-state index contributed by atoms with van der Waals surface area (Å²) >= 11 is 3.66. The molecule has 10 nitrogen and oxygen atoms in total. The lowest BCUT2D eigenvalue weighted by atomic mass is 10.2. The van der Waals surface area contributed by atoms with E-state index in [2.05, 4.69) is 22.9 Å². The highest BCUT2D eigenvalue weighted by molar-refractivity contribution is 7.75. The third-order valence-corrected chi connectivity index (χ3v) is 4.24. The molecule has 0 unspecified atom stereocenters. The number of nitrogens with zero attached hydrogens (tertiary/aromatic N) is 4. The number of rotatable bonds is 4. The van der Waals surface area contributed by atoms with E-state index in [4.69, 9.17) is 14.7 Å². The molecule has 0 saturated carbocycles. The van der Waals surface area contributed by atoms with E-state index in [1.54, 1.807) is 13.8 Å². The van der Waals surface area contributed by atoms with Gasteiger partial charge >= 0.3 is 0 Å². The average Bonchev–Trinajstić information content (AvgIpc) is 3.11. The van der Waals surface area contributed by atoms with E-state index in [1.807, 2.05) is 0 Å². The van der Waals surface area contributed by atoms with Gasteiger partial charge in [-0.2, -0.15) is 4.98 Å². The Hall–Kier alpha value is -1.95. The first kappa shape index (κ1) is 17.9. The Kier molecular flexibility index (Phi) is 4.82. The lowest BCUT2D eigenvalue weighted by Gasteiger charge is -2.15. The van der Waals surface area contributed by atoms with Crippen molar-refractivity contribution in [2.75, 3.05) is 12.3 Å². The van der Waals surface area contributed by atoms with Gasteiger partial charge in [-0.15, -0.1) is 0 Å². The number of imidazole rings is 1. The van der Waals surface area contributed by atoms with Crippen LogP contribution < -0.4 is 11.3 Å². The number of aliphatic hydroxyl groups excluding tert-OH is 1. The molecule has 0 bridgehead atoms. The number of nitrogens with two attached hydrogens (primary N) is 1. The standard InChI is InChI=1S/C14H19N5O5S/c1-6(2)12(21)19-13(22)10-11(17-14(19)15)18(5-16-10)9-3-7(20)8(24-9)4-23-25/h5-9,20,25H,3-4H2,1-2H3,(H2,15,17)/t7-,8+,9+/m0/s1. The van der Waals surface area contributed by atoms with Crippen LogP contribution in [0.5, 0.6) is 0 Å². The second-order valence-corrected chi connectivity index (χ2v) is 6.41. The maximum absolute atomic E-state index is 12.6. The minimum atomic E-state index is -0.755. The zero-order valence-electron chi connectivity index (χ0n) is 13.7. The van der Waals surface area contributed by atoms with E-state index in [1.165, 1.54) is 10.9 Å². The quantitative estimate of drug-likeness (QED) is 0.506. The fraction of sp³-hybridized carbons (Fsp3) is 0.571. The Morgan fingerprint density at radius 3 is 2.96 bits per heavy atom. The summed E-state index contributed by atoms with van der Waals surface area (Å²) in [6, 6.07) is 0. The smallest absolute Gasteiger partial charge is 0.289 e. The summed E-state index contributed by atoms with van der Waals surface area (Å²) in [6.45, 7) is 3.43. The minimum absolute atomic E-state index is 0.00943. The van der Waals surface area contributed by atoms with E-state index in [0.29, 0.717) is 0 Å². The van der Waals surface area contributed by atoms with Crippen LogP contribution in [-0.4, -0.2) is 48.9 Å². The third-order valence-electron chi connectivity index (χ3n) is 4.09. The molecule has 11 heteroatoms. The van der Waals surface area contributed by atoms with Gasteiger partial charge in [-0.25, -0.2) is 9.55 Å². The number of hydrogen-bond acceptors (Lipinski definition) is 9. The highest BCUT2D eigenvalue weighted by atomic mass is 32.1. The summed E-state index contributed by atoms with van der Waals surface area (Å²) in [6.07, 6.45) is -0.251. The Morgan fingerprint density at radius 1 is 1.60 bits per heavy atom. The van der Waals surface area contributed by atoms with Crippen LogP contribution in [-0.2, 0) is 8.92 Å². The Morgan fingerprint density at radius 2 is 2.32 bits per heavy atom. The molecule has 2 aromatic heterocycles. The van der Waals surface area contributed by atoms with Gasteiger partial charge in [0, 0.05) is 12.3 Å². The van der Waals surface area contributed by atoms with Gasteiger partial charge in [0.2, 0.25) is 11.9 Å². The first-order chi connectivity index (χ1) is 11.8. The largest absolute Gasteiger partial charge is 0.390 e. The van der Waals surface area contributed by atoms with Crippen LogP contribution in [0.3, 0.4) is 0 Å². The van der Waals surface area contributed by atoms with Gasteiger partial charge in [-0.3, -0.25) is 14.2 Å². The normalized spacial score (nSPS) is 23.6. The molecule has 25 heavy (non-hydrogen) atoms. The van der Waals surface area contributed by atoms with Crippen LogP contribution in [0.15, 0.2) is 11.1 Å². The van der Waals surface area contributed by atoms with Crippen LogP contribution in [0.2, 0.25) is 0 Å². The molecule has 0 aliphatic carbocycles. The molecule has 1 fully saturated rings. The van der Waals surface area contributed by atoms with Crippen LogP contribution in [0.1, 0.15) is 31.3 Å². The topological polar surface area (TPSA) is 134 Å². The summed E-state index contributed by atoms with van der Waals surface area (Å²) in [5.74, 6) is -1.09. The van der Waals surface area contributed by atoms with E-state index >= 15 is 0 Å². The fourth-order valence-electron chi connectivity index (χ4n) is 2.78. The third kappa shape index (κ3) is 3.03. The minimum Gasteiger partial charge on any atom is -0.390 e. The number of aliphatic hydroxyl groups is 1. The fourth-order valence-corrected chi connectivity index (χ4v) is 2.92. The van der Waals surface area contributed by atoms with Gasteiger partial charge in [0.25, 0.3) is 5.56 Å². The van der Waals surface area contributed by atoms with Gasteiger partial charge in [-0.1, -0.05) is 13.8 Å². The van der Waals surface area contributed by atoms with Crippen molar-refractivity contribution >= 4 is 35.9 Å². The van der Waals surface area contributed by atoms with Crippen LogP contribution in [0.25, 0.3) is 11.2 Å². The number of nitrogen functional groups attached to an aromatic ring is 1. The number of carbonyl (C=O) groups is 1. The molecule has 136 valence electrons. The molecule has 3 atom stereocenters. The maximum atomic E-state index is 12.6. The molecule has 1 saturated heterocycles. The first-order valence-corrected chi connectivity index (χ1v) is 8.10. The van der Waals surface area contributed by atoms with Crippen LogP contribution in [0.4, 0.5) is 5.95 Å². The van der Waals surface area contributed by atoms with E-state index < -0.39 is 35.8 Å². The van der Waals surface area contributed by atoms with E-state index in [0.717, 1.165) is 4.57 Å². The number of aromatic nitrogens is 4. The molecule has 1 aliphatic heterocycles. The SMILES string of the molecule is CC(C)C(=O)n1c(N)nc2c(ncn2[C@H]2C[C@H](O)[C@@H](COS)O2)c1=O. The summed E-state index contributed by atoms with van der Waals surface area (Å²) < 4.78 is 12.8. The average molecular weight is 369 g/mol. The first-order valence-electron chi connectivity index (χ1n) is 7.74. The number of fused-ring (bicyclic) bond motifs is 1. The Balaban J connectivity index is 2.04. The lowest BCUT2D eigenvalue weighted by Crippen LogP contribution is -2.33. The number of thiol groups is 1. The van der Waals surface area contributed by atoms with Crippen molar-refractivity contribution in [3.8, 4) is 0 Å². The molecule has 3 N–H and O–H groups in total. The van der Waals surface area contributed by atoms with Gasteiger partial charge in [0.1, 0.15) is 12.3 Å². The predicted molar refractivity (Wildman–Crippen MR) is 91.1 cm³/mol. The summed E-state index contributed by atoms with van der Waals surface area (Å²) in [5, 5.41) is 10.0. The van der Waals surface area contributed by atoms with Gasteiger partial charge < -0.3 is 19.8 Å². The van der Waals surface area contributed by atoms with Gasteiger partial charge in [0.15, 0.2) is 11.2 Å². The number of hydrogen-bond donors (Lipinski definition) is 3. The molecule has 1 aliphatic rings. The Bertz CT molecular complexity index is 863. The second-order valence-electron chi connectivity index (χ2n) is 6.16. The van der Waals surface area contributed by atoms with Crippen molar-refractivity contribution in [2.45, 2.75) is 38.7 Å². The highest BCUT2D eigenvalue weighted by Crippen LogP contribution is 2.30. The number of ether oxygens (including phenoxy) is 1. The number of anilines is 1. The predicted octanol–water partition coefficient (Wildman–Crippen LogP) is -0.0188. The van der Waals surface area contributed by atoms with Crippen molar-refractivity contribution in [1.82, 2.24) is 19.1 Å². The molecule has 3 heterocycles. The van der Waals surface area contributed by atoms with Gasteiger partial charge in [-0.05, 0) is 12.9 Å². The lowest BCUT2D eigenvalue weighted by molar-refractivity contribution is -0.0346. The zero-order chi connectivity index (χ0) is 18.3. The summed E-state index contributed by atoms with van der Waals surface area (Å²) in [7, 11) is 0. The molecular weight excluding hydrogens is 350 g/mol. The van der Waals surface area contributed by atoms with Crippen molar-refractivity contribution in [3.05, 3.63) is 16.7 Å². The van der Waals surface area contributed by atoms with Crippen molar-refractivity contribution < 1.29 is 18.8 Å². The molecule has 0 radical (unpaired) electrons. The van der Waals surface area contributed by atoms with Crippen molar-refractivity contribution in [2.24, 2.45) is 5.92 Å². The van der Waals surface area contributed by atoms with Crippen molar-refractivity contribution in [3.63, 3.8) is 0 Å². The maximum Gasteiger partial charge on any atom is 0.289 e. The van der Waals surface area contributed by atoms with Crippen LogP contribution >= 0.6 is 12.9 Å². The molecule has 2 aromatic rings. The van der Waals surface area contributed by atoms with E-state index in [9.17, 15) is 14.7 Å². The van der Waals surface area contributed by atoms with Crippen LogP contribution in [0, 0.1) is 5.92 Å². The van der Waals surface area contributed by atoms with Gasteiger partial charge in [0.05, 0.1) is 19.0 Å². The second kappa shape index (κ2) is 6.75. The molecule has 0 aromatic carbocycles. The number of carbonyl (C=O) groups excluding carboxylic acids is 1. The monoisotopic (exact) mass is 369 g/mol. The summed E-state index contributed by atoms with van der Waals surface area (Å²) in [4.78, 5) is 33.0. The highest BCUT2D eigenvalue weighted by Gasteiger charge is 2.36. The summed E-state index contributed by atoms with van der Waals surface area (Å²) in [5.41, 5.74) is 5.40. The Labute approximate surface area is 148 Å². The zero-order valence-corrected chi connectivity index (χ0v) is 14.6. The molecule has 3 rings (SSSR count).